The predicted octanol–water partition coefficient (Wildman–Crippen LogP) is 4.12. The van der Waals surface area contributed by atoms with Gasteiger partial charge in [0.25, 0.3) is 0 Å². The summed E-state index contributed by atoms with van der Waals surface area (Å²) in [5.74, 6) is 0. The molecule has 0 amide bonds. The molecule has 0 bridgehead atoms. The van der Waals surface area contributed by atoms with Gasteiger partial charge in [0.2, 0.25) is 0 Å². The molecule has 1 atom stereocenters. The average Bonchev–Trinajstić information content (AvgIpc) is 3.10. The smallest absolute Gasteiger partial charge is 0.110 e. The van der Waals surface area contributed by atoms with E-state index in [-0.39, 0.29) is 0 Å². The molecule has 0 aliphatic carbocycles. The minimum absolute atomic E-state index is 0.427. The summed E-state index contributed by atoms with van der Waals surface area (Å²) in [4.78, 5) is 16.7. The van der Waals surface area contributed by atoms with E-state index in [1.54, 1.807) is 11.3 Å². The van der Waals surface area contributed by atoms with Gasteiger partial charge in [0.15, 0.2) is 0 Å². The highest BCUT2D eigenvalue weighted by molar-refractivity contribution is 7.09. The maximum atomic E-state index is 4.86. The number of hydrogen-bond acceptors (Lipinski definition) is 5. The van der Waals surface area contributed by atoms with Crippen LogP contribution in [0.1, 0.15) is 41.7 Å². The highest BCUT2D eigenvalue weighted by Crippen LogP contribution is 2.33. The Balaban J connectivity index is 1.64. The third-order valence-corrected chi connectivity index (χ3v) is 5.42. The number of hydrogen-bond donors (Lipinski definition) is 0. The number of aryl methyl sites for hydroxylation is 1. The van der Waals surface area contributed by atoms with Gasteiger partial charge in [-0.15, -0.1) is 11.3 Å². The summed E-state index contributed by atoms with van der Waals surface area (Å²) in [7, 11) is 0. The largest absolute Gasteiger partial charge is 0.288 e. The van der Waals surface area contributed by atoms with Crippen molar-refractivity contribution >= 4 is 22.4 Å². The zero-order valence-electron chi connectivity index (χ0n) is 13.3. The van der Waals surface area contributed by atoms with E-state index < -0.39 is 0 Å². The number of thiazole rings is 1. The van der Waals surface area contributed by atoms with Gasteiger partial charge in [0.1, 0.15) is 5.01 Å². The van der Waals surface area contributed by atoms with Crippen molar-refractivity contribution in [3.05, 3.63) is 52.2 Å². The van der Waals surface area contributed by atoms with Gasteiger partial charge in [-0.1, -0.05) is 18.6 Å². The number of nitrogens with zero attached hydrogens (tertiary/aromatic N) is 4. The van der Waals surface area contributed by atoms with Crippen LogP contribution in [0.2, 0.25) is 0 Å². The Labute approximate surface area is 140 Å². The summed E-state index contributed by atoms with van der Waals surface area (Å²) in [5.41, 5.74) is 4.08. The van der Waals surface area contributed by atoms with Crippen molar-refractivity contribution in [1.29, 1.82) is 0 Å². The van der Waals surface area contributed by atoms with Crippen LogP contribution in [0, 0.1) is 6.92 Å². The third-order valence-electron chi connectivity index (χ3n) is 4.55. The lowest BCUT2D eigenvalue weighted by molar-refractivity contribution is 0.138. The van der Waals surface area contributed by atoms with Crippen LogP contribution in [0.15, 0.2) is 35.8 Å². The Hall–Kier alpha value is -1.85. The molecule has 2 aromatic heterocycles. The first-order valence-corrected chi connectivity index (χ1v) is 9.05. The summed E-state index contributed by atoms with van der Waals surface area (Å²) < 4.78 is 0. The first kappa shape index (κ1) is 14.7. The minimum atomic E-state index is 0.427. The number of rotatable bonds is 3. The van der Waals surface area contributed by atoms with Gasteiger partial charge in [0, 0.05) is 18.1 Å². The van der Waals surface area contributed by atoms with Crippen LogP contribution in [0.3, 0.4) is 0 Å². The molecule has 23 heavy (non-hydrogen) atoms. The van der Waals surface area contributed by atoms with E-state index in [0.717, 1.165) is 35.5 Å². The van der Waals surface area contributed by atoms with E-state index >= 15 is 0 Å². The van der Waals surface area contributed by atoms with Crippen LogP contribution in [-0.4, -0.2) is 26.4 Å². The molecule has 1 fully saturated rings. The van der Waals surface area contributed by atoms with Crippen molar-refractivity contribution in [3.63, 3.8) is 0 Å². The fourth-order valence-electron chi connectivity index (χ4n) is 3.33. The molecule has 4 rings (SSSR count). The van der Waals surface area contributed by atoms with Crippen LogP contribution in [0.5, 0.6) is 0 Å². The second-order valence-electron chi connectivity index (χ2n) is 6.10. The Morgan fingerprint density at radius 1 is 1.17 bits per heavy atom. The molecular formula is C18H20N4S. The molecule has 5 heteroatoms. The van der Waals surface area contributed by atoms with E-state index in [9.17, 15) is 0 Å². The highest BCUT2D eigenvalue weighted by atomic mass is 32.1. The maximum absolute atomic E-state index is 4.86. The molecule has 4 nitrogen and oxygen atoms in total. The summed E-state index contributed by atoms with van der Waals surface area (Å²) in [6, 6.07) is 8.53. The van der Waals surface area contributed by atoms with Gasteiger partial charge in [-0.3, -0.25) is 4.90 Å². The van der Waals surface area contributed by atoms with E-state index in [0.29, 0.717) is 6.04 Å². The van der Waals surface area contributed by atoms with E-state index in [4.69, 9.17) is 9.97 Å². The SMILES string of the molecule is Cc1nc2ccccc2nc1CN1CCCC[C@@H]1c1nccs1. The lowest BCUT2D eigenvalue weighted by atomic mass is 10.0. The van der Waals surface area contributed by atoms with Gasteiger partial charge in [-0.25, -0.2) is 15.0 Å². The van der Waals surface area contributed by atoms with Crippen LogP contribution < -0.4 is 0 Å². The second kappa shape index (κ2) is 6.34. The van der Waals surface area contributed by atoms with Crippen molar-refractivity contribution < 1.29 is 0 Å². The Bertz CT molecular complexity index is 800. The molecule has 1 saturated heterocycles. The van der Waals surface area contributed by atoms with Crippen LogP contribution >= 0.6 is 11.3 Å². The molecule has 1 aromatic carbocycles. The molecule has 1 aliphatic heterocycles. The van der Waals surface area contributed by atoms with Gasteiger partial charge in [-0.05, 0) is 38.4 Å². The molecule has 0 unspecified atom stereocenters. The molecule has 0 radical (unpaired) electrons. The topological polar surface area (TPSA) is 41.9 Å². The van der Waals surface area contributed by atoms with Crippen molar-refractivity contribution in [2.24, 2.45) is 0 Å². The first-order valence-electron chi connectivity index (χ1n) is 8.17. The van der Waals surface area contributed by atoms with Crippen LogP contribution in [0.25, 0.3) is 11.0 Å². The van der Waals surface area contributed by atoms with E-state index in [2.05, 4.69) is 22.2 Å². The van der Waals surface area contributed by atoms with Gasteiger partial charge in [-0.2, -0.15) is 0 Å². The number of para-hydroxylation sites is 2. The second-order valence-corrected chi connectivity index (χ2v) is 7.02. The normalized spacial score (nSPS) is 19.3. The fourth-order valence-corrected chi connectivity index (χ4v) is 4.13. The molecule has 0 saturated carbocycles. The van der Waals surface area contributed by atoms with Gasteiger partial charge < -0.3 is 0 Å². The predicted molar refractivity (Wildman–Crippen MR) is 93.4 cm³/mol. The fraction of sp³-hybridized carbons (Fsp3) is 0.389. The number of likely N-dealkylation sites (tertiary alicyclic amines) is 1. The Kier molecular flexibility index (Phi) is 4.06. The standard InChI is InChI=1S/C18H20N4S/c1-13-16(21-15-7-3-2-6-14(15)20-13)12-22-10-5-4-8-17(22)18-19-9-11-23-18/h2-3,6-7,9,11,17H,4-5,8,10,12H2,1H3/t17-/m1/s1. The van der Waals surface area contributed by atoms with E-state index in [1.807, 2.05) is 30.5 Å². The number of aromatic nitrogens is 3. The summed E-state index contributed by atoms with van der Waals surface area (Å²) in [6.07, 6.45) is 5.63. The summed E-state index contributed by atoms with van der Waals surface area (Å²) in [6.45, 7) is 4.03. The lowest BCUT2D eigenvalue weighted by Crippen LogP contribution is -2.33. The van der Waals surface area contributed by atoms with Crippen molar-refractivity contribution in [3.8, 4) is 0 Å². The molecular weight excluding hydrogens is 304 g/mol. The molecule has 1 aliphatic rings. The van der Waals surface area contributed by atoms with Crippen LogP contribution in [-0.2, 0) is 6.54 Å². The first-order chi connectivity index (χ1) is 11.3. The third kappa shape index (κ3) is 2.99. The summed E-state index contributed by atoms with van der Waals surface area (Å²) in [5, 5.41) is 3.31. The monoisotopic (exact) mass is 324 g/mol. The minimum Gasteiger partial charge on any atom is -0.288 e. The molecule has 0 spiro atoms. The lowest BCUT2D eigenvalue weighted by Gasteiger charge is -2.34. The zero-order chi connectivity index (χ0) is 15.6. The van der Waals surface area contributed by atoms with Crippen LogP contribution in [0.4, 0.5) is 0 Å². The zero-order valence-corrected chi connectivity index (χ0v) is 14.1. The summed E-state index contributed by atoms with van der Waals surface area (Å²) >= 11 is 1.76. The average molecular weight is 324 g/mol. The Morgan fingerprint density at radius 3 is 2.78 bits per heavy atom. The van der Waals surface area contributed by atoms with Crippen molar-refractivity contribution in [1.82, 2.24) is 19.9 Å². The highest BCUT2D eigenvalue weighted by Gasteiger charge is 2.26. The van der Waals surface area contributed by atoms with Crippen molar-refractivity contribution in [2.45, 2.75) is 38.8 Å². The maximum Gasteiger partial charge on any atom is 0.110 e. The molecule has 0 N–H and O–H groups in total. The van der Waals surface area contributed by atoms with E-state index in [1.165, 1.54) is 24.3 Å². The van der Waals surface area contributed by atoms with Gasteiger partial charge in [0.05, 0.1) is 28.5 Å². The van der Waals surface area contributed by atoms with Gasteiger partial charge >= 0.3 is 0 Å². The molecule has 3 heterocycles. The molecule has 3 aromatic rings. The number of benzene rings is 1. The number of fused-ring (bicyclic) bond motifs is 1. The molecule has 118 valence electrons. The quantitative estimate of drug-likeness (QED) is 0.727. The van der Waals surface area contributed by atoms with Crippen molar-refractivity contribution in [2.75, 3.05) is 6.54 Å². The Morgan fingerprint density at radius 2 is 2.00 bits per heavy atom. The number of piperidine rings is 1.